The van der Waals surface area contributed by atoms with E-state index in [2.05, 4.69) is 166 Å². The van der Waals surface area contributed by atoms with Crippen LogP contribution in [0, 0.1) is 5.92 Å². The first kappa shape index (κ1) is 30.8. The van der Waals surface area contributed by atoms with Crippen LogP contribution in [0.3, 0.4) is 0 Å². The van der Waals surface area contributed by atoms with E-state index in [1.807, 2.05) is 11.3 Å². The predicted molar refractivity (Wildman–Crippen MR) is 225 cm³/mol. The van der Waals surface area contributed by atoms with Gasteiger partial charge in [0.15, 0.2) is 17.5 Å². The van der Waals surface area contributed by atoms with Crippen LogP contribution in [-0.4, -0.2) is 15.0 Å². The van der Waals surface area contributed by atoms with Crippen molar-refractivity contribution in [2.24, 2.45) is 5.92 Å². The Morgan fingerprint density at radius 2 is 1.00 bits per heavy atom. The number of fused-ring (bicyclic) bond motifs is 9. The molecule has 3 aromatic heterocycles. The molecule has 5 heteroatoms. The third-order valence-electron chi connectivity index (χ3n) is 11.5. The molecule has 0 aliphatic heterocycles. The predicted octanol–water partition coefficient (Wildman–Crippen LogP) is 13.4. The molecular weight excluding hydrogens is 683 g/mol. The fraction of sp³-hybridized carbons (Fsp3) is 0.104. The number of hydrogen-bond acceptors (Lipinski definition) is 5. The average molecular weight is 716 g/mol. The first-order valence-electron chi connectivity index (χ1n) is 18.2. The number of hydrogen-bond donors (Lipinski definition) is 0. The largest absolute Gasteiger partial charge is 0.208 e. The van der Waals surface area contributed by atoms with Crippen LogP contribution in [0.5, 0.6) is 0 Å². The summed E-state index contributed by atoms with van der Waals surface area (Å²) in [5.74, 6) is 2.76. The minimum absolute atomic E-state index is 0.00820. The maximum atomic E-state index is 5.35. The number of benzene rings is 6. The Labute approximate surface area is 315 Å². The Morgan fingerprint density at radius 3 is 1.72 bits per heavy atom. The van der Waals surface area contributed by atoms with Crippen LogP contribution in [0.1, 0.15) is 30.9 Å². The van der Waals surface area contributed by atoms with E-state index in [-0.39, 0.29) is 11.3 Å². The zero-order valence-electron chi connectivity index (χ0n) is 29.2. The third kappa shape index (κ3) is 4.67. The van der Waals surface area contributed by atoms with Gasteiger partial charge >= 0.3 is 0 Å². The Hall–Kier alpha value is -5.75. The van der Waals surface area contributed by atoms with E-state index in [1.54, 1.807) is 11.3 Å². The molecule has 2 atom stereocenters. The second-order valence-electron chi connectivity index (χ2n) is 14.8. The summed E-state index contributed by atoms with van der Waals surface area (Å²) >= 11 is 3.67. The Balaban J connectivity index is 1.10. The minimum Gasteiger partial charge on any atom is -0.208 e. The van der Waals surface area contributed by atoms with Gasteiger partial charge in [0.2, 0.25) is 0 Å². The molecule has 0 N–H and O–H groups in total. The molecule has 252 valence electrons. The monoisotopic (exact) mass is 715 g/mol. The molecule has 3 nitrogen and oxygen atoms in total. The second kappa shape index (κ2) is 11.6. The highest BCUT2D eigenvalue weighted by Gasteiger charge is 2.45. The molecule has 0 saturated carbocycles. The maximum Gasteiger partial charge on any atom is 0.165 e. The van der Waals surface area contributed by atoms with E-state index in [9.17, 15) is 0 Å². The van der Waals surface area contributed by atoms with Crippen molar-refractivity contribution in [1.82, 2.24) is 15.0 Å². The highest BCUT2D eigenvalue weighted by atomic mass is 32.1. The van der Waals surface area contributed by atoms with Crippen molar-refractivity contribution in [3.63, 3.8) is 0 Å². The maximum absolute atomic E-state index is 5.35. The topological polar surface area (TPSA) is 38.7 Å². The lowest BCUT2D eigenvalue weighted by atomic mass is 9.74. The second-order valence-corrected chi connectivity index (χ2v) is 16.9. The van der Waals surface area contributed by atoms with E-state index in [0.29, 0.717) is 17.6 Å². The highest BCUT2D eigenvalue weighted by Crippen LogP contribution is 2.55. The van der Waals surface area contributed by atoms with Crippen LogP contribution in [0.15, 0.2) is 152 Å². The summed E-state index contributed by atoms with van der Waals surface area (Å²) in [7, 11) is 0. The molecule has 2 aliphatic carbocycles. The summed E-state index contributed by atoms with van der Waals surface area (Å²) in [4.78, 5) is 15.9. The summed E-state index contributed by atoms with van der Waals surface area (Å²) in [5.41, 5.74) is 8.21. The average Bonchev–Trinajstić information content (AvgIpc) is 3.86. The Morgan fingerprint density at radius 1 is 0.472 bits per heavy atom. The SMILES string of the molecule is CC1(C)c2cccc(-c3nc(-c4ccc(-c5cccc6c5sc5ccccc56)cc4)nc(-c4cccc5c4sc4ccccc45)n3)c2C2C=CC=CC21. The third-order valence-corrected chi connectivity index (χ3v) is 13.9. The van der Waals surface area contributed by atoms with Gasteiger partial charge in [0.25, 0.3) is 0 Å². The number of aromatic nitrogens is 3. The van der Waals surface area contributed by atoms with Gasteiger partial charge in [0, 0.05) is 63.0 Å². The molecule has 0 saturated heterocycles. The van der Waals surface area contributed by atoms with Gasteiger partial charge in [-0.1, -0.05) is 147 Å². The van der Waals surface area contributed by atoms with E-state index in [4.69, 9.17) is 15.0 Å². The zero-order valence-corrected chi connectivity index (χ0v) is 30.9. The molecule has 0 bridgehead atoms. The smallest absolute Gasteiger partial charge is 0.165 e. The first-order chi connectivity index (χ1) is 26.0. The quantitative estimate of drug-likeness (QED) is 0.182. The fourth-order valence-corrected chi connectivity index (χ4v) is 11.3. The van der Waals surface area contributed by atoms with Crippen molar-refractivity contribution < 1.29 is 0 Å². The highest BCUT2D eigenvalue weighted by molar-refractivity contribution is 7.26. The van der Waals surface area contributed by atoms with Crippen molar-refractivity contribution in [2.75, 3.05) is 0 Å². The Kier molecular flexibility index (Phi) is 6.76. The Bertz CT molecular complexity index is 3000. The fourth-order valence-electron chi connectivity index (χ4n) is 8.88. The number of nitrogens with zero attached hydrogens (tertiary/aromatic N) is 3. The van der Waals surface area contributed by atoms with E-state index in [0.717, 1.165) is 22.5 Å². The lowest BCUT2D eigenvalue weighted by Gasteiger charge is -2.29. The summed E-state index contributed by atoms with van der Waals surface area (Å²) in [6, 6.07) is 46.0. The molecule has 2 unspecified atom stereocenters. The van der Waals surface area contributed by atoms with Crippen molar-refractivity contribution in [3.05, 3.63) is 163 Å². The first-order valence-corrected chi connectivity index (χ1v) is 19.8. The van der Waals surface area contributed by atoms with Crippen molar-refractivity contribution in [3.8, 4) is 45.3 Å². The molecule has 0 fully saturated rings. The van der Waals surface area contributed by atoms with Crippen LogP contribution in [0.2, 0.25) is 0 Å². The van der Waals surface area contributed by atoms with Crippen molar-refractivity contribution >= 4 is 63.0 Å². The van der Waals surface area contributed by atoms with Crippen molar-refractivity contribution in [2.45, 2.75) is 25.2 Å². The molecule has 0 amide bonds. The van der Waals surface area contributed by atoms with Gasteiger partial charge < -0.3 is 0 Å². The molecule has 6 aromatic carbocycles. The zero-order chi connectivity index (χ0) is 35.3. The van der Waals surface area contributed by atoms with Crippen molar-refractivity contribution in [1.29, 1.82) is 0 Å². The lowest BCUT2D eigenvalue weighted by Crippen LogP contribution is -2.24. The number of rotatable bonds is 4. The van der Waals surface area contributed by atoms with E-state index >= 15 is 0 Å². The normalized spacial score (nSPS) is 17.2. The van der Waals surface area contributed by atoms with Crippen LogP contribution in [0.25, 0.3) is 85.6 Å². The summed E-state index contributed by atoms with van der Waals surface area (Å²) in [5, 5.41) is 5.11. The molecule has 2 aliphatic rings. The van der Waals surface area contributed by atoms with Gasteiger partial charge in [-0.2, -0.15) is 0 Å². The number of thiophene rings is 2. The lowest BCUT2D eigenvalue weighted by molar-refractivity contribution is 0.394. The summed E-state index contributed by atoms with van der Waals surface area (Å²) < 4.78 is 5.09. The molecule has 11 rings (SSSR count). The molecule has 53 heavy (non-hydrogen) atoms. The minimum atomic E-state index is -0.00820. The van der Waals surface area contributed by atoms with Crippen LogP contribution < -0.4 is 0 Å². The van der Waals surface area contributed by atoms with Crippen LogP contribution in [-0.2, 0) is 5.41 Å². The van der Waals surface area contributed by atoms with Gasteiger partial charge in [-0.05, 0) is 51.8 Å². The van der Waals surface area contributed by atoms with Gasteiger partial charge in [0.05, 0.1) is 0 Å². The molecule has 0 spiro atoms. The van der Waals surface area contributed by atoms with E-state index < -0.39 is 0 Å². The van der Waals surface area contributed by atoms with Gasteiger partial charge in [-0.3, -0.25) is 0 Å². The molecule has 9 aromatic rings. The summed E-state index contributed by atoms with van der Waals surface area (Å²) in [6.07, 6.45) is 9.13. The van der Waals surface area contributed by atoms with Gasteiger partial charge in [-0.25, -0.2) is 15.0 Å². The molecule has 3 heterocycles. The molecule has 0 radical (unpaired) electrons. The van der Waals surface area contributed by atoms with E-state index in [1.165, 1.54) is 62.6 Å². The standard InChI is InChI=1S/C48H33N3S2/c1-48(2)38-20-6-3-14-35(38)42-36(18-11-21-39(42)48)46-49-45(50-47(51-46)37-19-10-17-34-32-13-5-8-23-41(32)53-44(34)37)29-26-24-28(25-27-29)30-15-9-16-33-31-12-4-7-22-40(31)52-43(30)33/h3-27,35,38H,1-2H3. The molecular formula is C48H33N3S2. The van der Waals surface area contributed by atoms with Crippen LogP contribution >= 0.6 is 22.7 Å². The van der Waals surface area contributed by atoms with Crippen LogP contribution in [0.4, 0.5) is 0 Å². The van der Waals surface area contributed by atoms with Gasteiger partial charge in [0.1, 0.15) is 0 Å². The van der Waals surface area contributed by atoms with Gasteiger partial charge in [-0.15, -0.1) is 22.7 Å². The summed E-state index contributed by atoms with van der Waals surface area (Å²) in [6.45, 7) is 4.74. The number of allylic oxidation sites excluding steroid dienone is 4.